The molecule has 16 nitrogen and oxygen atoms in total. The Bertz CT molecular complexity index is 3540. The molecule has 4 aromatic heterocycles. The number of hydrogen-bond acceptors (Lipinski definition) is 12. The molecule has 0 saturated heterocycles. The van der Waals surface area contributed by atoms with Gasteiger partial charge in [0.1, 0.15) is 34.6 Å². The average Bonchev–Trinajstić information content (AvgIpc) is 3.39. The molecule has 0 aliphatic carbocycles. The van der Waals surface area contributed by atoms with Gasteiger partial charge in [-0.05, 0) is 48.2 Å². The number of unbranched alkanes of at least 4 members (excludes halogenated alkanes) is 2. The first-order valence-electron chi connectivity index (χ1n) is 23.3. The maximum absolute atomic E-state index is 13.6. The number of ether oxygens (including phenoxy) is 2. The third-order valence-corrected chi connectivity index (χ3v) is 11.9. The van der Waals surface area contributed by atoms with Crippen LogP contribution in [0.2, 0.25) is 5.15 Å². The van der Waals surface area contributed by atoms with E-state index >= 15 is 0 Å². The minimum absolute atomic E-state index is 0.0478. The van der Waals surface area contributed by atoms with Crippen molar-refractivity contribution >= 4 is 41.1 Å². The van der Waals surface area contributed by atoms with Gasteiger partial charge in [0.15, 0.2) is 0 Å². The number of fused-ring (bicyclic) bond motifs is 2. The van der Waals surface area contributed by atoms with Crippen LogP contribution in [-0.2, 0) is 27.2 Å². The molecule has 399 valence electrons. The number of hydrogen-bond donors (Lipinski definition) is 3. The summed E-state index contributed by atoms with van der Waals surface area (Å²) in [5.41, 5.74) is 0.244. The van der Waals surface area contributed by atoms with Gasteiger partial charge in [-0.25, -0.2) is 14.6 Å². The Morgan fingerprint density at radius 2 is 1.04 bits per heavy atom. The van der Waals surface area contributed by atoms with Crippen molar-refractivity contribution in [2.24, 2.45) is 14.1 Å². The standard InChI is InChI=1S/C26H24F3N3O4.C19H20ClN3O3.C7H5BF3O3/c1-3-4-13-32-24(34)20-19(31(2)25(32)35)15-30-22(21(20)23(33)16-9-6-5-7-10-16)17-11-8-12-18(14-17)36-26(27,28)29;1-3-4-10-23-18(25)14-13(22(2)19(23)26)11-21-17(20)15(14)16(24)12-8-6-5-7-9-12;9-7(10,11)13-5-2-1-3-6(4-5)14-8-12/h5-12,14-15,23,33H,3-4,13H2,1-2H3;5-9,11,16,24H,3-4,10H2,1-2H3;1-4,12H. The summed E-state index contributed by atoms with van der Waals surface area (Å²) in [5.74, 6) is -0.825. The number of pyridine rings is 2. The van der Waals surface area contributed by atoms with Gasteiger partial charge in [-0.1, -0.05) is 117 Å². The number of aryl methyl sites for hydroxylation is 2. The highest BCUT2D eigenvalue weighted by atomic mass is 35.5. The summed E-state index contributed by atoms with van der Waals surface area (Å²) in [5, 5.41) is 30.9. The fraction of sp³-hybridized carbons (Fsp3) is 0.269. The van der Waals surface area contributed by atoms with Crippen molar-refractivity contribution in [1.82, 2.24) is 28.2 Å². The number of aliphatic hydroxyl groups is 2. The van der Waals surface area contributed by atoms with E-state index in [0.717, 1.165) is 41.7 Å². The number of rotatable bonds is 15. The molecule has 2 unspecified atom stereocenters. The average molecular weight is 1080 g/mol. The molecule has 24 heteroatoms. The van der Waals surface area contributed by atoms with Gasteiger partial charge in [-0.15, -0.1) is 26.3 Å². The molecule has 0 saturated carbocycles. The van der Waals surface area contributed by atoms with E-state index in [1.165, 1.54) is 57.4 Å². The molecule has 8 aromatic rings. The van der Waals surface area contributed by atoms with Gasteiger partial charge in [-0.2, -0.15) is 0 Å². The molecule has 0 spiro atoms. The highest BCUT2D eigenvalue weighted by molar-refractivity contribution is 6.31. The quantitative estimate of drug-likeness (QED) is 0.0502. The Hall–Kier alpha value is -7.73. The van der Waals surface area contributed by atoms with Crippen LogP contribution in [0, 0.1) is 0 Å². The highest BCUT2D eigenvalue weighted by Crippen LogP contribution is 2.37. The first kappa shape index (κ1) is 57.6. The van der Waals surface area contributed by atoms with Crippen LogP contribution in [-0.4, -0.2) is 63.9 Å². The lowest BCUT2D eigenvalue weighted by Gasteiger charge is -2.20. The molecule has 0 bridgehead atoms. The van der Waals surface area contributed by atoms with Gasteiger partial charge >= 0.3 is 31.8 Å². The van der Waals surface area contributed by atoms with Crippen molar-refractivity contribution in [3.8, 4) is 28.5 Å². The Morgan fingerprint density at radius 3 is 1.51 bits per heavy atom. The topological polar surface area (TPSA) is 202 Å². The zero-order chi connectivity index (χ0) is 55.5. The van der Waals surface area contributed by atoms with Gasteiger partial charge < -0.3 is 29.4 Å². The van der Waals surface area contributed by atoms with Crippen molar-refractivity contribution in [1.29, 1.82) is 0 Å². The van der Waals surface area contributed by atoms with Crippen molar-refractivity contribution in [3.05, 3.63) is 191 Å². The summed E-state index contributed by atoms with van der Waals surface area (Å²) in [6, 6.07) is 27.4. The number of alkyl halides is 6. The molecule has 0 aliphatic rings. The molecule has 2 atom stereocenters. The number of aromatic nitrogens is 6. The number of nitrogens with zero attached hydrogens (tertiary/aromatic N) is 6. The Kier molecular flexibility index (Phi) is 19.1. The van der Waals surface area contributed by atoms with Crippen LogP contribution in [0.3, 0.4) is 0 Å². The molecule has 0 aliphatic heterocycles. The molecule has 76 heavy (non-hydrogen) atoms. The zero-order valence-electron chi connectivity index (χ0n) is 41.1. The van der Waals surface area contributed by atoms with E-state index in [-0.39, 0.29) is 56.1 Å². The zero-order valence-corrected chi connectivity index (χ0v) is 41.8. The summed E-state index contributed by atoms with van der Waals surface area (Å²) in [6.45, 7) is 4.42. The lowest BCUT2D eigenvalue weighted by atomic mass is 9.93. The predicted molar refractivity (Wildman–Crippen MR) is 272 cm³/mol. The molecule has 0 amide bonds. The maximum Gasteiger partial charge on any atom is 0.573 e. The van der Waals surface area contributed by atoms with Crippen molar-refractivity contribution in [2.75, 3.05) is 0 Å². The van der Waals surface area contributed by atoms with Crippen LogP contribution >= 0.6 is 11.6 Å². The monoisotopic (exact) mass is 1080 g/mol. The summed E-state index contributed by atoms with van der Waals surface area (Å²) >= 11 is 6.26. The molecule has 4 aromatic carbocycles. The maximum atomic E-state index is 13.6. The van der Waals surface area contributed by atoms with Crippen LogP contribution < -0.4 is 36.6 Å². The minimum atomic E-state index is -4.90. The fourth-order valence-corrected chi connectivity index (χ4v) is 8.25. The van der Waals surface area contributed by atoms with E-state index in [2.05, 4.69) is 24.1 Å². The normalized spacial score (nSPS) is 12.2. The summed E-state index contributed by atoms with van der Waals surface area (Å²) in [4.78, 5) is 60.6. The van der Waals surface area contributed by atoms with E-state index < -0.39 is 58.9 Å². The van der Waals surface area contributed by atoms with E-state index in [9.17, 15) is 55.7 Å². The Labute approximate surface area is 434 Å². The first-order valence-corrected chi connectivity index (χ1v) is 23.7. The smallest absolute Gasteiger partial charge is 0.537 e. The summed E-state index contributed by atoms with van der Waals surface area (Å²) < 4.78 is 90.8. The van der Waals surface area contributed by atoms with E-state index in [1.54, 1.807) is 61.6 Å². The van der Waals surface area contributed by atoms with Crippen LogP contribution in [0.25, 0.3) is 33.1 Å². The Morgan fingerprint density at radius 1 is 0.605 bits per heavy atom. The van der Waals surface area contributed by atoms with Crippen molar-refractivity contribution < 1.29 is 55.7 Å². The third kappa shape index (κ3) is 13.8. The molecule has 0 fully saturated rings. The third-order valence-electron chi connectivity index (χ3n) is 11.6. The van der Waals surface area contributed by atoms with Crippen LogP contribution in [0.5, 0.6) is 17.2 Å². The number of benzene rings is 4. The summed E-state index contributed by atoms with van der Waals surface area (Å²) in [6.07, 6.45) is -6.50. The van der Waals surface area contributed by atoms with Crippen molar-refractivity contribution in [3.63, 3.8) is 0 Å². The van der Waals surface area contributed by atoms with Crippen LogP contribution in [0.15, 0.2) is 141 Å². The lowest BCUT2D eigenvalue weighted by Crippen LogP contribution is -2.39. The summed E-state index contributed by atoms with van der Waals surface area (Å²) in [7, 11) is 3.46. The van der Waals surface area contributed by atoms with Gasteiger partial charge in [0, 0.05) is 49.9 Å². The number of halogens is 7. The minimum Gasteiger partial charge on any atom is -0.537 e. The first-order chi connectivity index (χ1) is 36.1. The van der Waals surface area contributed by atoms with E-state index in [4.69, 9.17) is 16.6 Å². The second-order valence-corrected chi connectivity index (χ2v) is 17.1. The second kappa shape index (κ2) is 25.2. The molecule has 8 rings (SSSR count). The Balaban J connectivity index is 0.000000204. The van der Waals surface area contributed by atoms with Gasteiger partial charge in [0.25, 0.3) is 11.1 Å². The fourth-order valence-electron chi connectivity index (χ4n) is 8.00. The SMILES string of the molecule is CCCCn1c(=O)c2c(C(O)c3ccccc3)c(-c3cccc(OC(F)(F)F)c3)ncc2n(C)c1=O.CCCCn1c(=O)c2c(C(O)c3ccccc3)c(Cl)ncc2n(C)c1=O.O[B]Oc1cccc(OC(F)(F)F)c1. The molecular weight excluding hydrogens is 1030 g/mol. The van der Waals surface area contributed by atoms with Gasteiger partial charge in [0.05, 0.1) is 39.9 Å². The van der Waals surface area contributed by atoms with Crippen LogP contribution in [0.4, 0.5) is 26.3 Å². The van der Waals surface area contributed by atoms with Crippen molar-refractivity contribution in [2.45, 2.75) is 77.6 Å². The van der Waals surface area contributed by atoms with Crippen LogP contribution in [0.1, 0.15) is 74.0 Å². The van der Waals surface area contributed by atoms with E-state index in [1.807, 2.05) is 19.9 Å². The number of aliphatic hydroxyl groups excluding tert-OH is 2. The highest BCUT2D eigenvalue weighted by Gasteiger charge is 2.33. The van der Waals surface area contributed by atoms with Gasteiger partial charge in [-0.3, -0.25) is 32.8 Å². The second-order valence-electron chi connectivity index (χ2n) is 16.8. The van der Waals surface area contributed by atoms with E-state index in [0.29, 0.717) is 43.7 Å². The molecular formula is C52H49BClF6N6O10. The largest absolute Gasteiger partial charge is 0.573 e. The molecule has 1 radical (unpaired) electrons. The lowest BCUT2D eigenvalue weighted by molar-refractivity contribution is -0.275. The predicted octanol–water partition coefficient (Wildman–Crippen LogP) is 8.66. The molecule has 4 heterocycles. The van der Waals surface area contributed by atoms with Gasteiger partial charge in [0.2, 0.25) is 0 Å². The molecule has 3 N–H and O–H groups in total.